The maximum absolute atomic E-state index is 10.2. The van der Waals surface area contributed by atoms with Gasteiger partial charge in [0.15, 0.2) is 0 Å². The number of aliphatic hydroxyl groups is 1. The molecule has 0 aliphatic heterocycles. The third-order valence-corrected chi connectivity index (χ3v) is 10.3. The van der Waals surface area contributed by atoms with Crippen molar-refractivity contribution in [3.63, 3.8) is 0 Å². The zero-order valence-corrected chi connectivity index (χ0v) is 19.3. The molecule has 5 unspecified atom stereocenters. The first-order valence-electron chi connectivity index (χ1n) is 12.6. The molecule has 0 radical (unpaired) electrons. The van der Waals surface area contributed by atoms with Crippen LogP contribution in [0.25, 0.3) is 0 Å². The summed E-state index contributed by atoms with van der Waals surface area (Å²) in [7, 11) is 0. The first-order chi connectivity index (χ1) is 13.3. The first kappa shape index (κ1) is 21.0. The van der Waals surface area contributed by atoms with Crippen LogP contribution in [-0.4, -0.2) is 11.2 Å². The molecular weight excluding hydrogens is 340 g/mol. The first-order valence-corrected chi connectivity index (χ1v) is 12.6. The zero-order chi connectivity index (χ0) is 20.1. The highest BCUT2D eigenvalue weighted by molar-refractivity contribution is 5.25. The standard InChI is InChI=1S/C27H46O/c1-18(2)7-6-8-19(3)23-11-12-24-22-10-9-20-17-21(28)13-15-26(20,4)25(22)14-16-27(23,24)5/h9,18-19,21-25,28H,6-8,10-17H2,1-5H3/t19-,21+,22?,23?,24?,25?,26+,27?/m1/s1. The molecular formula is C27H46O. The van der Waals surface area contributed by atoms with Gasteiger partial charge in [-0.15, -0.1) is 0 Å². The predicted molar refractivity (Wildman–Crippen MR) is 119 cm³/mol. The van der Waals surface area contributed by atoms with Gasteiger partial charge >= 0.3 is 0 Å². The van der Waals surface area contributed by atoms with Gasteiger partial charge < -0.3 is 5.11 Å². The van der Waals surface area contributed by atoms with Gasteiger partial charge in [0.1, 0.15) is 0 Å². The lowest BCUT2D eigenvalue weighted by atomic mass is 9.47. The summed E-state index contributed by atoms with van der Waals surface area (Å²) in [6.07, 6.45) is 17.2. The molecule has 0 bridgehead atoms. The van der Waals surface area contributed by atoms with Crippen LogP contribution in [0.2, 0.25) is 0 Å². The molecule has 0 heterocycles. The van der Waals surface area contributed by atoms with Crippen LogP contribution in [0.4, 0.5) is 0 Å². The summed E-state index contributed by atoms with van der Waals surface area (Å²) in [5.74, 6) is 5.46. The van der Waals surface area contributed by atoms with E-state index in [-0.39, 0.29) is 6.10 Å². The van der Waals surface area contributed by atoms with Gasteiger partial charge in [0.05, 0.1) is 6.10 Å². The molecule has 0 aromatic rings. The van der Waals surface area contributed by atoms with Gasteiger partial charge in [-0.1, -0.05) is 65.5 Å². The summed E-state index contributed by atoms with van der Waals surface area (Å²) in [6, 6.07) is 0. The van der Waals surface area contributed by atoms with E-state index in [0.29, 0.717) is 10.8 Å². The van der Waals surface area contributed by atoms with Gasteiger partial charge in [0.2, 0.25) is 0 Å². The molecule has 0 spiro atoms. The van der Waals surface area contributed by atoms with Crippen LogP contribution in [-0.2, 0) is 0 Å². The quantitative estimate of drug-likeness (QED) is 0.488. The topological polar surface area (TPSA) is 20.2 Å². The number of rotatable bonds is 5. The van der Waals surface area contributed by atoms with E-state index in [9.17, 15) is 5.11 Å². The highest BCUT2D eigenvalue weighted by Gasteiger charge is 2.59. The van der Waals surface area contributed by atoms with Crippen molar-refractivity contribution in [2.45, 2.75) is 111 Å². The minimum Gasteiger partial charge on any atom is -0.393 e. The number of hydrogen-bond donors (Lipinski definition) is 1. The van der Waals surface area contributed by atoms with Crippen molar-refractivity contribution in [3.8, 4) is 0 Å². The Hall–Kier alpha value is -0.300. The van der Waals surface area contributed by atoms with Gasteiger partial charge in [-0.25, -0.2) is 0 Å². The van der Waals surface area contributed by atoms with Crippen LogP contribution in [0.1, 0.15) is 105 Å². The van der Waals surface area contributed by atoms with Crippen molar-refractivity contribution in [2.75, 3.05) is 0 Å². The number of hydrogen-bond acceptors (Lipinski definition) is 1. The molecule has 3 saturated carbocycles. The minimum atomic E-state index is -0.0766. The van der Waals surface area contributed by atoms with E-state index in [1.807, 2.05) is 0 Å². The summed E-state index contributed by atoms with van der Waals surface area (Å²) < 4.78 is 0. The van der Waals surface area contributed by atoms with E-state index < -0.39 is 0 Å². The van der Waals surface area contributed by atoms with Crippen molar-refractivity contribution in [3.05, 3.63) is 11.6 Å². The van der Waals surface area contributed by atoms with Crippen LogP contribution in [0, 0.1) is 46.3 Å². The highest BCUT2D eigenvalue weighted by Crippen LogP contribution is 2.67. The van der Waals surface area contributed by atoms with E-state index in [4.69, 9.17) is 0 Å². The largest absolute Gasteiger partial charge is 0.393 e. The van der Waals surface area contributed by atoms with Crippen molar-refractivity contribution in [2.24, 2.45) is 46.3 Å². The Balaban J connectivity index is 1.49. The molecule has 28 heavy (non-hydrogen) atoms. The molecule has 1 N–H and O–H groups in total. The molecule has 3 fully saturated rings. The molecule has 160 valence electrons. The van der Waals surface area contributed by atoms with Gasteiger partial charge in [0.25, 0.3) is 0 Å². The molecule has 0 aromatic heterocycles. The normalized spacial score (nSPS) is 46.5. The number of aliphatic hydroxyl groups excluding tert-OH is 1. The maximum atomic E-state index is 10.2. The van der Waals surface area contributed by atoms with Crippen LogP contribution in [0.3, 0.4) is 0 Å². The third kappa shape index (κ3) is 3.42. The Morgan fingerprint density at radius 3 is 2.54 bits per heavy atom. The molecule has 0 amide bonds. The lowest BCUT2D eigenvalue weighted by molar-refractivity contribution is -0.0573. The average molecular weight is 387 g/mol. The van der Waals surface area contributed by atoms with Crippen molar-refractivity contribution >= 4 is 0 Å². The van der Waals surface area contributed by atoms with Gasteiger partial charge in [-0.2, -0.15) is 0 Å². The lowest BCUT2D eigenvalue weighted by Gasteiger charge is -2.58. The Morgan fingerprint density at radius 2 is 1.79 bits per heavy atom. The summed E-state index contributed by atoms with van der Waals surface area (Å²) in [6.45, 7) is 12.6. The van der Waals surface area contributed by atoms with Crippen LogP contribution >= 0.6 is 0 Å². The van der Waals surface area contributed by atoms with E-state index in [2.05, 4.69) is 40.7 Å². The van der Waals surface area contributed by atoms with Crippen molar-refractivity contribution in [1.82, 2.24) is 0 Å². The Morgan fingerprint density at radius 1 is 1.00 bits per heavy atom. The van der Waals surface area contributed by atoms with Crippen molar-refractivity contribution < 1.29 is 5.11 Å². The summed E-state index contributed by atoms with van der Waals surface area (Å²) in [5, 5.41) is 10.2. The van der Waals surface area contributed by atoms with Gasteiger partial charge in [-0.3, -0.25) is 0 Å². The van der Waals surface area contributed by atoms with Gasteiger partial charge in [0, 0.05) is 0 Å². The maximum Gasteiger partial charge on any atom is 0.0577 e. The van der Waals surface area contributed by atoms with E-state index in [0.717, 1.165) is 48.3 Å². The van der Waals surface area contributed by atoms with Crippen molar-refractivity contribution in [1.29, 1.82) is 0 Å². The summed E-state index contributed by atoms with van der Waals surface area (Å²) >= 11 is 0. The number of allylic oxidation sites excluding steroid dienone is 1. The minimum absolute atomic E-state index is 0.0766. The summed E-state index contributed by atoms with van der Waals surface area (Å²) in [5.41, 5.74) is 2.60. The monoisotopic (exact) mass is 386 g/mol. The highest BCUT2D eigenvalue weighted by atomic mass is 16.3. The molecule has 8 atom stereocenters. The SMILES string of the molecule is CC(C)CCC[C@@H](C)C1CCC2C3CC=C4C[C@@H](O)CC[C@]4(C)C3CCC21C. The molecule has 4 aliphatic carbocycles. The molecule has 0 aromatic carbocycles. The predicted octanol–water partition coefficient (Wildman–Crippen LogP) is 7.39. The number of fused-ring (bicyclic) bond motifs is 5. The third-order valence-electron chi connectivity index (χ3n) is 10.3. The Labute approximate surface area is 174 Å². The second-order valence-corrected chi connectivity index (χ2v) is 12.2. The zero-order valence-electron chi connectivity index (χ0n) is 19.3. The van der Waals surface area contributed by atoms with E-state index in [1.54, 1.807) is 5.57 Å². The smallest absolute Gasteiger partial charge is 0.0577 e. The molecule has 1 heteroatoms. The van der Waals surface area contributed by atoms with Crippen LogP contribution in [0.5, 0.6) is 0 Å². The van der Waals surface area contributed by atoms with Crippen LogP contribution < -0.4 is 0 Å². The Kier molecular flexibility index (Phi) is 5.80. The fraction of sp³-hybridized carbons (Fsp3) is 0.926. The van der Waals surface area contributed by atoms with E-state index >= 15 is 0 Å². The fourth-order valence-electron chi connectivity index (χ4n) is 8.67. The summed E-state index contributed by atoms with van der Waals surface area (Å²) in [4.78, 5) is 0. The second-order valence-electron chi connectivity index (χ2n) is 12.2. The van der Waals surface area contributed by atoms with E-state index in [1.165, 1.54) is 57.8 Å². The Bertz CT molecular complexity index is 591. The van der Waals surface area contributed by atoms with Crippen LogP contribution in [0.15, 0.2) is 11.6 Å². The molecule has 1 nitrogen and oxygen atoms in total. The lowest BCUT2D eigenvalue weighted by Crippen LogP contribution is -2.50. The molecule has 4 rings (SSSR count). The fourth-order valence-corrected chi connectivity index (χ4v) is 8.67. The van der Waals surface area contributed by atoms with Gasteiger partial charge in [-0.05, 0) is 97.7 Å². The second kappa shape index (κ2) is 7.75. The molecule has 0 saturated heterocycles. The molecule has 4 aliphatic rings. The average Bonchev–Trinajstić information content (AvgIpc) is 2.99.